The lowest BCUT2D eigenvalue weighted by atomic mass is 9.64. The standard InChI is InChI=1S/C15H24O/c1-6-7-8-13(16)14-12(3)9-11(2)10-15(14,4)5/h7-9,11,14H,6,10H2,1-5H3/b8-7+/t11-,14+/m1/s1. The maximum atomic E-state index is 12.2. The number of carbonyl (C=O) groups excluding carboxylic acids is 1. The second-order valence-corrected chi connectivity index (χ2v) is 5.73. The molecule has 0 spiro atoms. The summed E-state index contributed by atoms with van der Waals surface area (Å²) in [7, 11) is 0. The fourth-order valence-electron chi connectivity index (χ4n) is 3.11. The molecule has 2 atom stereocenters. The molecule has 0 aromatic heterocycles. The van der Waals surface area contributed by atoms with Gasteiger partial charge < -0.3 is 0 Å². The normalized spacial score (nSPS) is 29.2. The van der Waals surface area contributed by atoms with Crippen LogP contribution in [0.3, 0.4) is 0 Å². The molecule has 90 valence electrons. The number of hydrogen-bond acceptors (Lipinski definition) is 1. The van der Waals surface area contributed by atoms with E-state index < -0.39 is 0 Å². The monoisotopic (exact) mass is 220 g/mol. The summed E-state index contributed by atoms with van der Waals surface area (Å²) in [6, 6.07) is 0. The van der Waals surface area contributed by atoms with E-state index in [-0.39, 0.29) is 17.1 Å². The van der Waals surface area contributed by atoms with Gasteiger partial charge in [0.2, 0.25) is 0 Å². The van der Waals surface area contributed by atoms with Gasteiger partial charge in [-0.1, -0.05) is 45.4 Å². The minimum Gasteiger partial charge on any atom is -0.294 e. The maximum Gasteiger partial charge on any atom is 0.162 e. The Bertz CT molecular complexity index is 320. The van der Waals surface area contributed by atoms with E-state index >= 15 is 0 Å². The van der Waals surface area contributed by atoms with Gasteiger partial charge in [0.05, 0.1) is 0 Å². The maximum absolute atomic E-state index is 12.2. The second kappa shape index (κ2) is 4.99. The van der Waals surface area contributed by atoms with Crippen LogP contribution in [0.15, 0.2) is 23.8 Å². The summed E-state index contributed by atoms with van der Waals surface area (Å²) in [6.07, 6.45) is 8.01. The molecule has 16 heavy (non-hydrogen) atoms. The molecule has 0 radical (unpaired) electrons. The number of allylic oxidation sites excluding steroid dienone is 4. The molecule has 0 saturated carbocycles. The zero-order valence-electron chi connectivity index (χ0n) is 11.2. The predicted molar refractivity (Wildman–Crippen MR) is 69.2 cm³/mol. The van der Waals surface area contributed by atoms with Crippen LogP contribution in [0.4, 0.5) is 0 Å². The van der Waals surface area contributed by atoms with Crippen molar-refractivity contribution < 1.29 is 4.79 Å². The highest BCUT2D eigenvalue weighted by Gasteiger charge is 2.38. The first-order chi connectivity index (χ1) is 7.38. The smallest absolute Gasteiger partial charge is 0.162 e. The first-order valence-electron chi connectivity index (χ1n) is 6.27. The van der Waals surface area contributed by atoms with Gasteiger partial charge >= 0.3 is 0 Å². The van der Waals surface area contributed by atoms with Crippen molar-refractivity contribution in [1.29, 1.82) is 0 Å². The van der Waals surface area contributed by atoms with Crippen LogP contribution in [0.5, 0.6) is 0 Å². The molecule has 0 heterocycles. The Morgan fingerprint density at radius 3 is 2.69 bits per heavy atom. The van der Waals surface area contributed by atoms with Crippen LogP contribution in [-0.2, 0) is 4.79 Å². The molecule has 0 fully saturated rings. The highest BCUT2D eigenvalue weighted by Crippen LogP contribution is 2.43. The average molecular weight is 220 g/mol. The molecule has 1 rings (SSSR count). The number of hydrogen-bond donors (Lipinski definition) is 0. The van der Waals surface area contributed by atoms with Crippen molar-refractivity contribution in [2.24, 2.45) is 17.3 Å². The fourth-order valence-corrected chi connectivity index (χ4v) is 3.11. The molecule has 0 bridgehead atoms. The van der Waals surface area contributed by atoms with E-state index in [1.807, 2.05) is 6.08 Å². The highest BCUT2D eigenvalue weighted by molar-refractivity contribution is 5.94. The van der Waals surface area contributed by atoms with Crippen LogP contribution >= 0.6 is 0 Å². The summed E-state index contributed by atoms with van der Waals surface area (Å²) in [5.41, 5.74) is 1.34. The Balaban J connectivity index is 2.96. The van der Waals surface area contributed by atoms with Gasteiger partial charge in [0.15, 0.2) is 5.78 Å². The van der Waals surface area contributed by atoms with E-state index in [2.05, 4.69) is 40.7 Å². The molecular formula is C15H24O. The summed E-state index contributed by atoms with van der Waals surface area (Å²) >= 11 is 0. The summed E-state index contributed by atoms with van der Waals surface area (Å²) in [5, 5.41) is 0. The first-order valence-corrected chi connectivity index (χ1v) is 6.27. The van der Waals surface area contributed by atoms with E-state index in [4.69, 9.17) is 0 Å². The van der Waals surface area contributed by atoms with Gasteiger partial charge in [0.1, 0.15) is 0 Å². The van der Waals surface area contributed by atoms with Crippen LogP contribution < -0.4 is 0 Å². The Morgan fingerprint density at radius 2 is 2.19 bits per heavy atom. The zero-order chi connectivity index (χ0) is 12.3. The molecule has 0 aromatic rings. The minimum absolute atomic E-state index is 0.0755. The Hall–Kier alpha value is -0.850. The van der Waals surface area contributed by atoms with Crippen LogP contribution in [0.25, 0.3) is 0 Å². The predicted octanol–water partition coefficient (Wildman–Crippen LogP) is 4.15. The van der Waals surface area contributed by atoms with Gasteiger partial charge in [-0.25, -0.2) is 0 Å². The zero-order valence-corrected chi connectivity index (χ0v) is 11.2. The highest BCUT2D eigenvalue weighted by atomic mass is 16.1. The molecular weight excluding hydrogens is 196 g/mol. The number of carbonyl (C=O) groups is 1. The summed E-state index contributed by atoms with van der Waals surface area (Å²) in [6.45, 7) is 10.8. The largest absolute Gasteiger partial charge is 0.294 e. The SMILES string of the molecule is CC/C=C/C(=O)[C@@H]1C(C)=C[C@@H](C)CC1(C)C. The Kier molecular flexibility index (Phi) is 4.12. The molecule has 0 unspecified atom stereocenters. The van der Waals surface area contributed by atoms with Gasteiger partial charge in [-0.3, -0.25) is 4.79 Å². The number of rotatable bonds is 3. The van der Waals surface area contributed by atoms with E-state index in [0.717, 1.165) is 12.8 Å². The summed E-state index contributed by atoms with van der Waals surface area (Å²) < 4.78 is 0. The third-order valence-corrected chi connectivity index (χ3v) is 3.43. The quantitative estimate of drug-likeness (QED) is 0.516. The lowest BCUT2D eigenvalue weighted by Crippen LogP contribution is -2.35. The van der Waals surface area contributed by atoms with E-state index in [1.165, 1.54) is 5.57 Å². The fraction of sp³-hybridized carbons (Fsp3) is 0.667. The van der Waals surface area contributed by atoms with E-state index in [1.54, 1.807) is 6.08 Å². The van der Waals surface area contributed by atoms with Crippen molar-refractivity contribution in [2.75, 3.05) is 0 Å². The van der Waals surface area contributed by atoms with Gasteiger partial charge in [0, 0.05) is 5.92 Å². The van der Waals surface area contributed by atoms with Crippen LogP contribution in [0, 0.1) is 17.3 Å². The van der Waals surface area contributed by atoms with Crippen molar-refractivity contribution in [2.45, 2.75) is 47.5 Å². The molecule has 0 saturated heterocycles. The van der Waals surface area contributed by atoms with Gasteiger partial charge in [-0.05, 0) is 37.2 Å². The first kappa shape index (κ1) is 13.2. The summed E-state index contributed by atoms with van der Waals surface area (Å²) in [4.78, 5) is 12.2. The van der Waals surface area contributed by atoms with Crippen molar-refractivity contribution in [3.63, 3.8) is 0 Å². The van der Waals surface area contributed by atoms with Crippen molar-refractivity contribution in [3.8, 4) is 0 Å². The molecule has 1 aliphatic carbocycles. The molecule has 0 aromatic carbocycles. The van der Waals surface area contributed by atoms with Crippen LogP contribution in [0.2, 0.25) is 0 Å². The van der Waals surface area contributed by atoms with Gasteiger partial charge in [-0.15, -0.1) is 0 Å². The third-order valence-electron chi connectivity index (χ3n) is 3.43. The molecule has 1 heteroatoms. The van der Waals surface area contributed by atoms with E-state index in [0.29, 0.717) is 5.92 Å². The number of ketones is 1. The van der Waals surface area contributed by atoms with E-state index in [9.17, 15) is 4.79 Å². The Morgan fingerprint density at radius 1 is 1.56 bits per heavy atom. The average Bonchev–Trinajstić information content (AvgIpc) is 2.11. The second-order valence-electron chi connectivity index (χ2n) is 5.73. The van der Waals surface area contributed by atoms with Crippen molar-refractivity contribution >= 4 is 5.78 Å². The van der Waals surface area contributed by atoms with Crippen molar-refractivity contribution in [3.05, 3.63) is 23.8 Å². The molecule has 1 aliphatic rings. The van der Waals surface area contributed by atoms with Gasteiger partial charge in [0.25, 0.3) is 0 Å². The minimum atomic E-state index is 0.0755. The van der Waals surface area contributed by atoms with Gasteiger partial charge in [-0.2, -0.15) is 0 Å². The molecule has 0 N–H and O–H groups in total. The topological polar surface area (TPSA) is 17.1 Å². The third kappa shape index (κ3) is 2.84. The lowest BCUT2D eigenvalue weighted by Gasteiger charge is -2.39. The molecule has 0 amide bonds. The van der Waals surface area contributed by atoms with Crippen LogP contribution in [-0.4, -0.2) is 5.78 Å². The lowest BCUT2D eigenvalue weighted by molar-refractivity contribution is -0.120. The molecule has 0 aliphatic heterocycles. The van der Waals surface area contributed by atoms with Crippen LogP contribution in [0.1, 0.15) is 47.5 Å². The van der Waals surface area contributed by atoms with Crippen molar-refractivity contribution in [1.82, 2.24) is 0 Å². The summed E-state index contributed by atoms with van der Waals surface area (Å²) in [5.74, 6) is 0.938. The Labute approximate surface area is 99.6 Å². The molecule has 1 nitrogen and oxygen atoms in total.